The van der Waals surface area contributed by atoms with Gasteiger partial charge in [0.15, 0.2) is 5.78 Å². The van der Waals surface area contributed by atoms with Crippen molar-refractivity contribution in [1.29, 1.82) is 5.26 Å². The lowest BCUT2D eigenvalue weighted by Gasteiger charge is -2.32. The summed E-state index contributed by atoms with van der Waals surface area (Å²) >= 11 is 0. The zero-order chi connectivity index (χ0) is 27.0. The number of hydrogen-bond donors (Lipinski definition) is 0. The van der Waals surface area contributed by atoms with Crippen molar-refractivity contribution in [3.63, 3.8) is 0 Å². The molecule has 0 unspecified atom stereocenters. The van der Waals surface area contributed by atoms with Crippen molar-refractivity contribution in [2.24, 2.45) is 11.8 Å². The number of piperidine rings is 2. The number of ketones is 1. The van der Waals surface area contributed by atoms with Crippen LogP contribution in [0.1, 0.15) is 69.6 Å². The first-order valence-corrected chi connectivity index (χ1v) is 14.1. The molecule has 0 bridgehead atoms. The number of rotatable bonds is 8. The number of likely N-dealkylation sites (tertiary alicyclic amines) is 2. The van der Waals surface area contributed by atoms with Crippen LogP contribution in [0, 0.1) is 23.2 Å². The van der Waals surface area contributed by atoms with Crippen LogP contribution in [0.5, 0.6) is 0 Å². The van der Waals surface area contributed by atoms with Crippen molar-refractivity contribution in [1.82, 2.24) is 14.8 Å². The Morgan fingerprint density at radius 2 is 1.51 bits per heavy atom. The van der Waals surface area contributed by atoms with Crippen LogP contribution in [0.25, 0.3) is 0 Å². The second kappa shape index (κ2) is 12.8. The van der Waals surface area contributed by atoms with Gasteiger partial charge >= 0.3 is 0 Å². The van der Waals surface area contributed by atoms with E-state index in [0.29, 0.717) is 35.1 Å². The van der Waals surface area contributed by atoms with E-state index < -0.39 is 0 Å². The Labute approximate surface area is 231 Å². The number of nitrogens with zero attached hydrogens (tertiary/aromatic N) is 4. The first-order chi connectivity index (χ1) is 19.1. The number of aromatic nitrogens is 1. The maximum atomic E-state index is 13.0. The van der Waals surface area contributed by atoms with Gasteiger partial charge in [-0.05, 0) is 92.4 Å². The standard InChI is InChI=1S/C33H36N4O2/c34-22-28-6-8-29(9-7-28)24-36-16-12-27(13-17-36)21-32(38)31-11-10-30(23-35-31)33(39)37-18-14-26(15-19-37)20-25-4-2-1-3-5-25/h1-11,23,26-27H,12-21,24H2. The molecule has 0 N–H and O–H groups in total. The van der Waals surface area contributed by atoms with Crippen molar-refractivity contribution in [2.75, 3.05) is 26.2 Å². The molecule has 39 heavy (non-hydrogen) atoms. The number of benzene rings is 2. The molecule has 2 fully saturated rings. The van der Waals surface area contributed by atoms with Gasteiger partial charge in [0, 0.05) is 32.3 Å². The molecule has 1 amide bonds. The molecular weight excluding hydrogens is 484 g/mol. The summed E-state index contributed by atoms with van der Waals surface area (Å²) in [6, 6.07) is 24.0. The predicted molar refractivity (Wildman–Crippen MR) is 151 cm³/mol. The monoisotopic (exact) mass is 520 g/mol. The second-order valence-corrected chi connectivity index (χ2v) is 11.0. The molecule has 0 aliphatic carbocycles. The zero-order valence-corrected chi connectivity index (χ0v) is 22.5. The van der Waals surface area contributed by atoms with Gasteiger partial charge in [0.2, 0.25) is 0 Å². The Kier molecular flexibility index (Phi) is 8.80. The Bertz CT molecular complexity index is 1280. The summed E-state index contributed by atoms with van der Waals surface area (Å²) in [7, 11) is 0. The molecule has 3 heterocycles. The van der Waals surface area contributed by atoms with Crippen LogP contribution in [-0.4, -0.2) is 52.7 Å². The van der Waals surface area contributed by atoms with E-state index in [4.69, 9.17) is 5.26 Å². The smallest absolute Gasteiger partial charge is 0.255 e. The topological polar surface area (TPSA) is 77.3 Å². The number of carbonyl (C=O) groups is 2. The van der Waals surface area contributed by atoms with E-state index in [9.17, 15) is 9.59 Å². The molecule has 0 saturated carbocycles. The van der Waals surface area contributed by atoms with Crippen molar-refractivity contribution < 1.29 is 9.59 Å². The largest absolute Gasteiger partial charge is 0.339 e. The van der Waals surface area contributed by atoms with E-state index >= 15 is 0 Å². The molecule has 1 aromatic heterocycles. The molecule has 5 rings (SSSR count). The first kappa shape index (κ1) is 26.8. The molecule has 0 atom stereocenters. The van der Waals surface area contributed by atoms with E-state index in [2.05, 4.69) is 40.2 Å². The molecule has 6 nitrogen and oxygen atoms in total. The Morgan fingerprint density at radius 3 is 2.15 bits per heavy atom. The van der Waals surface area contributed by atoms with Gasteiger partial charge in [-0.2, -0.15) is 5.26 Å². The summed E-state index contributed by atoms with van der Waals surface area (Å²) in [5, 5.41) is 8.96. The molecule has 6 heteroatoms. The summed E-state index contributed by atoms with van der Waals surface area (Å²) in [4.78, 5) is 34.7. The summed E-state index contributed by atoms with van der Waals surface area (Å²) in [6.07, 6.45) is 7.13. The van der Waals surface area contributed by atoms with Gasteiger partial charge in [-0.3, -0.25) is 19.5 Å². The van der Waals surface area contributed by atoms with Crippen LogP contribution in [-0.2, 0) is 13.0 Å². The SMILES string of the molecule is N#Cc1ccc(CN2CCC(CC(=O)c3ccc(C(=O)N4CCC(Cc5ccccc5)CC4)cn3)CC2)cc1. The molecule has 3 aromatic rings. The number of amides is 1. The Balaban J connectivity index is 1.05. The molecule has 0 spiro atoms. The predicted octanol–water partition coefficient (Wildman–Crippen LogP) is 5.53. The minimum absolute atomic E-state index is 0.00861. The normalized spacial score (nSPS) is 17.1. The van der Waals surface area contributed by atoms with Crippen LogP contribution in [0.15, 0.2) is 72.9 Å². The molecule has 0 radical (unpaired) electrons. The number of nitriles is 1. The fourth-order valence-corrected chi connectivity index (χ4v) is 5.81. The highest BCUT2D eigenvalue weighted by Crippen LogP contribution is 2.25. The van der Waals surface area contributed by atoms with Gasteiger partial charge in [0.25, 0.3) is 5.91 Å². The van der Waals surface area contributed by atoms with Crippen LogP contribution in [0.4, 0.5) is 0 Å². The van der Waals surface area contributed by atoms with Crippen LogP contribution in [0.2, 0.25) is 0 Å². The number of carbonyl (C=O) groups excluding carboxylic acids is 2. The first-order valence-electron chi connectivity index (χ1n) is 14.1. The molecule has 2 aliphatic rings. The van der Waals surface area contributed by atoms with E-state index in [1.807, 2.05) is 35.2 Å². The van der Waals surface area contributed by atoms with E-state index in [-0.39, 0.29) is 11.7 Å². The summed E-state index contributed by atoms with van der Waals surface area (Å²) < 4.78 is 0. The van der Waals surface area contributed by atoms with Gasteiger partial charge in [0.05, 0.1) is 17.2 Å². The number of pyridine rings is 1. The fraction of sp³-hybridized carbons (Fsp3) is 0.394. The number of Topliss-reactive ketones (excluding diaryl/α,β-unsaturated/α-hetero) is 1. The maximum Gasteiger partial charge on any atom is 0.255 e. The van der Waals surface area contributed by atoms with Crippen LogP contribution >= 0.6 is 0 Å². The zero-order valence-electron chi connectivity index (χ0n) is 22.5. The lowest BCUT2D eigenvalue weighted by atomic mass is 9.90. The summed E-state index contributed by atoms with van der Waals surface area (Å²) in [6.45, 7) is 4.32. The van der Waals surface area contributed by atoms with Gasteiger partial charge in [-0.1, -0.05) is 42.5 Å². The summed E-state index contributed by atoms with van der Waals surface area (Å²) in [5.41, 5.74) is 4.26. The lowest BCUT2D eigenvalue weighted by molar-refractivity contribution is 0.0689. The van der Waals surface area contributed by atoms with E-state index in [1.54, 1.807) is 18.3 Å². The van der Waals surface area contributed by atoms with Gasteiger partial charge in [-0.25, -0.2) is 0 Å². The van der Waals surface area contributed by atoms with E-state index in [0.717, 1.165) is 64.8 Å². The average Bonchev–Trinajstić information content (AvgIpc) is 2.99. The average molecular weight is 521 g/mol. The van der Waals surface area contributed by atoms with Crippen molar-refractivity contribution in [3.05, 3.63) is 101 Å². The van der Waals surface area contributed by atoms with E-state index in [1.165, 1.54) is 11.1 Å². The number of hydrogen-bond acceptors (Lipinski definition) is 5. The van der Waals surface area contributed by atoms with Crippen LogP contribution in [0.3, 0.4) is 0 Å². The Hall–Kier alpha value is -3.82. The second-order valence-electron chi connectivity index (χ2n) is 11.0. The maximum absolute atomic E-state index is 13.0. The fourth-order valence-electron chi connectivity index (χ4n) is 5.81. The van der Waals surface area contributed by atoms with Crippen molar-refractivity contribution in [3.8, 4) is 6.07 Å². The highest BCUT2D eigenvalue weighted by Gasteiger charge is 2.25. The molecule has 2 aromatic carbocycles. The molecule has 2 saturated heterocycles. The minimum Gasteiger partial charge on any atom is -0.339 e. The highest BCUT2D eigenvalue weighted by molar-refractivity contribution is 5.97. The highest BCUT2D eigenvalue weighted by atomic mass is 16.2. The van der Waals surface area contributed by atoms with Gasteiger partial charge < -0.3 is 4.90 Å². The van der Waals surface area contributed by atoms with Gasteiger partial charge in [-0.15, -0.1) is 0 Å². The summed E-state index contributed by atoms with van der Waals surface area (Å²) in [5.74, 6) is 1.03. The molecule has 200 valence electrons. The quantitative estimate of drug-likeness (QED) is 0.365. The third kappa shape index (κ3) is 7.19. The lowest BCUT2D eigenvalue weighted by Crippen LogP contribution is -2.39. The van der Waals surface area contributed by atoms with Gasteiger partial charge in [0.1, 0.15) is 5.69 Å². The molecule has 2 aliphatic heterocycles. The third-order valence-corrected chi connectivity index (χ3v) is 8.24. The van der Waals surface area contributed by atoms with Crippen LogP contribution < -0.4 is 0 Å². The van der Waals surface area contributed by atoms with Crippen molar-refractivity contribution >= 4 is 11.7 Å². The van der Waals surface area contributed by atoms with Crippen molar-refractivity contribution in [2.45, 2.75) is 45.1 Å². The minimum atomic E-state index is 0.00861. The third-order valence-electron chi connectivity index (χ3n) is 8.24. The molecular formula is C33H36N4O2. The Morgan fingerprint density at radius 1 is 0.821 bits per heavy atom.